The highest BCUT2D eigenvalue weighted by atomic mass is 32.2. The molecule has 0 bridgehead atoms. The molecule has 0 radical (unpaired) electrons. The Morgan fingerprint density at radius 2 is 2.14 bits per heavy atom. The zero-order valence-electron chi connectivity index (χ0n) is 7.69. The van der Waals surface area contributed by atoms with Gasteiger partial charge in [0.1, 0.15) is 5.75 Å². The molecule has 0 spiro atoms. The van der Waals surface area contributed by atoms with Crippen molar-refractivity contribution in [2.75, 3.05) is 16.2 Å². The topological polar surface area (TPSA) is 92.4 Å². The van der Waals surface area contributed by atoms with Crippen LogP contribution in [0.1, 0.15) is 6.92 Å². The maximum atomic E-state index is 11.2. The van der Waals surface area contributed by atoms with Crippen LogP contribution in [-0.2, 0) is 10.0 Å². The Balaban J connectivity index is 2.99. The average molecular weight is 216 g/mol. The molecule has 1 aromatic rings. The van der Waals surface area contributed by atoms with Crippen molar-refractivity contribution >= 4 is 21.4 Å². The Bertz CT molecular complexity index is 428. The molecule has 14 heavy (non-hydrogen) atoms. The number of nitrogens with one attached hydrogen (secondary N) is 1. The van der Waals surface area contributed by atoms with Gasteiger partial charge in [0.25, 0.3) is 0 Å². The number of phenolic OH excluding ortho intramolecular Hbond substituents is 1. The lowest BCUT2D eigenvalue weighted by Gasteiger charge is -2.08. The smallest absolute Gasteiger partial charge is 0.232 e. The Morgan fingerprint density at radius 1 is 1.50 bits per heavy atom. The normalized spacial score (nSPS) is 11.2. The molecule has 1 rings (SSSR count). The van der Waals surface area contributed by atoms with Crippen LogP contribution in [0.15, 0.2) is 18.2 Å². The third-order valence-corrected chi connectivity index (χ3v) is 2.97. The van der Waals surface area contributed by atoms with Crippen molar-refractivity contribution < 1.29 is 13.5 Å². The van der Waals surface area contributed by atoms with E-state index in [1.54, 1.807) is 0 Å². The summed E-state index contributed by atoms with van der Waals surface area (Å²) in [6.07, 6.45) is 0. The second-order valence-corrected chi connectivity index (χ2v) is 4.79. The molecule has 0 aliphatic rings. The molecular weight excluding hydrogens is 204 g/mol. The molecule has 0 amide bonds. The predicted octanol–water partition coefficient (Wildman–Crippen LogP) is 0.736. The lowest BCUT2D eigenvalue weighted by Crippen LogP contribution is -2.15. The Labute approximate surface area is 82.6 Å². The summed E-state index contributed by atoms with van der Waals surface area (Å²) in [6.45, 7) is 1.53. The predicted molar refractivity (Wildman–Crippen MR) is 55.6 cm³/mol. The van der Waals surface area contributed by atoms with Crippen molar-refractivity contribution in [1.82, 2.24) is 0 Å². The van der Waals surface area contributed by atoms with E-state index in [4.69, 9.17) is 10.8 Å². The number of hydrogen-bond donors (Lipinski definition) is 3. The number of sulfonamides is 1. The van der Waals surface area contributed by atoms with E-state index in [2.05, 4.69) is 4.72 Å². The van der Waals surface area contributed by atoms with E-state index >= 15 is 0 Å². The second kappa shape index (κ2) is 3.75. The number of hydrogen-bond acceptors (Lipinski definition) is 4. The third kappa shape index (κ3) is 2.53. The minimum Gasteiger partial charge on any atom is -0.508 e. The van der Waals surface area contributed by atoms with Gasteiger partial charge in [-0.3, -0.25) is 4.72 Å². The van der Waals surface area contributed by atoms with E-state index in [0.29, 0.717) is 0 Å². The van der Waals surface area contributed by atoms with Crippen LogP contribution in [0.2, 0.25) is 0 Å². The van der Waals surface area contributed by atoms with Gasteiger partial charge >= 0.3 is 0 Å². The highest BCUT2D eigenvalue weighted by molar-refractivity contribution is 7.92. The number of phenols is 1. The van der Waals surface area contributed by atoms with E-state index < -0.39 is 10.0 Å². The molecule has 1 aromatic carbocycles. The summed E-state index contributed by atoms with van der Waals surface area (Å²) in [5.41, 5.74) is 5.97. The first kappa shape index (κ1) is 10.6. The number of anilines is 2. The number of rotatable bonds is 3. The largest absolute Gasteiger partial charge is 0.508 e. The number of nitrogens with two attached hydrogens (primary N) is 1. The summed E-state index contributed by atoms with van der Waals surface area (Å²) in [4.78, 5) is 0. The zero-order valence-corrected chi connectivity index (χ0v) is 8.50. The van der Waals surface area contributed by atoms with Crippen molar-refractivity contribution in [1.29, 1.82) is 0 Å². The van der Waals surface area contributed by atoms with E-state index in [1.807, 2.05) is 0 Å². The lowest BCUT2D eigenvalue weighted by molar-refractivity contribution is 0.475. The van der Waals surface area contributed by atoms with E-state index in [0.717, 1.165) is 0 Å². The van der Waals surface area contributed by atoms with Gasteiger partial charge in [-0.05, 0) is 19.1 Å². The van der Waals surface area contributed by atoms with Gasteiger partial charge in [0.15, 0.2) is 0 Å². The standard InChI is InChI=1S/C8H12N2O3S/c1-2-14(12,13)10-8-4-3-6(11)5-7(8)9/h3-5,10-11H,2,9H2,1H3. The van der Waals surface area contributed by atoms with Crippen LogP contribution in [0.4, 0.5) is 11.4 Å². The highest BCUT2D eigenvalue weighted by Crippen LogP contribution is 2.23. The molecule has 0 saturated heterocycles. The number of aromatic hydroxyl groups is 1. The van der Waals surface area contributed by atoms with Crippen molar-refractivity contribution in [3.8, 4) is 5.75 Å². The summed E-state index contributed by atoms with van der Waals surface area (Å²) in [5.74, 6) is -0.0187. The maximum Gasteiger partial charge on any atom is 0.232 e. The molecule has 0 aliphatic heterocycles. The van der Waals surface area contributed by atoms with Crippen molar-refractivity contribution in [3.05, 3.63) is 18.2 Å². The molecule has 0 atom stereocenters. The first-order valence-electron chi connectivity index (χ1n) is 4.03. The molecule has 0 saturated carbocycles. The van der Waals surface area contributed by atoms with Gasteiger partial charge in [0.05, 0.1) is 17.1 Å². The molecule has 0 unspecified atom stereocenters. The fraction of sp³-hybridized carbons (Fsp3) is 0.250. The van der Waals surface area contributed by atoms with Crippen molar-refractivity contribution in [2.24, 2.45) is 0 Å². The molecule has 0 aliphatic carbocycles. The van der Waals surface area contributed by atoms with Gasteiger partial charge in [0.2, 0.25) is 10.0 Å². The number of benzene rings is 1. The maximum absolute atomic E-state index is 11.2. The molecule has 0 heterocycles. The van der Waals surface area contributed by atoms with Gasteiger partial charge in [0, 0.05) is 6.07 Å². The number of nitrogen functional groups attached to an aromatic ring is 1. The van der Waals surface area contributed by atoms with Gasteiger partial charge in [-0.15, -0.1) is 0 Å². The van der Waals surface area contributed by atoms with Gasteiger partial charge in [-0.25, -0.2) is 8.42 Å². The lowest BCUT2D eigenvalue weighted by atomic mass is 10.2. The fourth-order valence-electron chi connectivity index (χ4n) is 0.883. The summed E-state index contributed by atoms with van der Waals surface area (Å²) in [5, 5.41) is 9.04. The highest BCUT2D eigenvalue weighted by Gasteiger charge is 2.08. The minimum absolute atomic E-state index is 0.00180. The molecule has 4 N–H and O–H groups in total. The molecule has 5 nitrogen and oxygen atoms in total. The third-order valence-electron chi connectivity index (χ3n) is 1.68. The van der Waals surface area contributed by atoms with Gasteiger partial charge in [-0.2, -0.15) is 0 Å². The van der Waals surface area contributed by atoms with Crippen LogP contribution in [-0.4, -0.2) is 19.3 Å². The Kier molecular flexibility index (Phi) is 2.85. The van der Waals surface area contributed by atoms with E-state index in [-0.39, 0.29) is 22.9 Å². The van der Waals surface area contributed by atoms with Crippen LogP contribution in [0, 0.1) is 0 Å². The Hall–Kier alpha value is -1.43. The molecular formula is C8H12N2O3S. The molecule has 78 valence electrons. The van der Waals surface area contributed by atoms with Crippen LogP contribution in [0.3, 0.4) is 0 Å². The molecule has 0 aromatic heterocycles. The van der Waals surface area contributed by atoms with Crippen LogP contribution >= 0.6 is 0 Å². The van der Waals surface area contributed by atoms with Crippen molar-refractivity contribution in [3.63, 3.8) is 0 Å². The zero-order chi connectivity index (χ0) is 10.8. The summed E-state index contributed by atoms with van der Waals surface area (Å²) in [7, 11) is -3.32. The van der Waals surface area contributed by atoms with Crippen LogP contribution in [0.25, 0.3) is 0 Å². The van der Waals surface area contributed by atoms with Crippen LogP contribution < -0.4 is 10.5 Å². The van der Waals surface area contributed by atoms with Gasteiger partial charge < -0.3 is 10.8 Å². The summed E-state index contributed by atoms with van der Waals surface area (Å²) in [6, 6.07) is 4.06. The SMILES string of the molecule is CCS(=O)(=O)Nc1ccc(O)cc1N. The Morgan fingerprint density at radius 3 is 2.64 bits per heavy atom. The van der Waals surface area contributed by atoms with Crippen molar-refractivity contribution in [2.45, 2.75) is 6.92 Å². The molecule has 6 heteroatoms. The molecule has 0 fully saturated rings. The quantitative estimate of drug-likeness (QED) is 0.513. The van der Waals surface area contributed by atoms with E-state index in [1.165, 1.54) is 25.1 Å². The second-order valence-electron chi connectivity index (χ2n) is 2.78. The summed E-state index contributed by atoms with van der Waals surface area (Å²) >= 11 is 0. The van der Waals surface area contributed by atoms with E-state index in [9.17, 15) is 8.42 Å². The first-order valence-corrected chi connectivity index (χ1v) is 5.69. The minimum atomic E-state index is -3.32. The fourth-order valence-corrected chi connectivity index (χ4v) is 1.55. The summed E-state index contributed by atoms with van der Waals surface area (Å²) < 4.78 is 24.7. The van der Waals surface area contributed by atoms with Crippen LogP contribution in [0.5, 0.6) is 5.75 Å². The van der Waals surface area contributed by atoms with Gasteiger partial charge in [-0.1, -0.05) is 0 Å². The first-order chi connectivity index (χ1) is 6.44. The monoisotopic (exact) mass is 216 g/mol. The average Bonchev–Trinajstić information content (AvgIpc) is 2.10.